The lowest BCUT2D eigenvalue weighted by Crippen LogP contribution is -2.23. The molecule has 6 nitrogen and oxygen atoms in total. The molecule has 0 amide bonds. The van der Waals surface area contributed by atoms with Gasteiger partial charge in [0.05, 0.1) is 17.6 Å². The van der Waals surface area contributed by atoms with Gasteiger partial charge < -0.3 is 14.8 Å². The number of aromatic nitrogens is 3. The van der Waals surface area contributed by atoms with E-state index >= 15 is 0 Å². The fourth-order valence-electron chi connectivity index (χ4n) is 4.65. The van der Waals surface area contributed by atoms with Gasteiger partial charge in [-0.25, -0.2) is 9.97 Å². The number of nitrogens with zero attached hydrogens (tertiary/aromatic N) is 3. The highest BCUT2D eigenvalue weighted by Gasteiger charge is 2.16. The van der Waals surface area contributed by atoms with Crippen LogP contribution in [0.15, 0.2) is 59.6 Å². The third-order valence-electron chi connectivity index (χ3n) is 6.55. The number of hydrogen-bond donors (Lipinski definition) is 2. The summed E-state index contributed by atoms with van der Waals surface area (Å²) in [6.07, 6.45) is 9.05. The summed E-state index contributed by atoms with van der Waals surface area (Å²) in [5.74, 6) is 1.97. The topological polar surface area (TPSA) is 72.0 Å². The van der Waals surface area contributed by atoms with Gasteiger partial charge in [-0.1, -0.05) is 49.9 Å². The van der Waals surface area contributed by atoms with E-state index in [2.05, 4.69) is 39.1 Å². The molecule has 0 unspecified atom stereocenters. The Kier molecular flexibility index (Phi) is 7.78. The minimum absolute atomic E-state index is 0.471. The van der Waals surface area contributed by atoms with Crippen LogP contribution in [0.4, 0.5) is 11.8 Å². The molecule has 0 aliphatic heterocycles. The molecular weight excluding hydrogens is 490 g/mol. The number of methoxy groups -OCH3 is 1. The molecule has 186 valence electrons. The molecule has 1 saturated carbocycles. The van der Waals surface area contributed by atoms with Crippen molar-refractivity contribution >= 4 is 46.2 Å². The minimum Gasteiger partial charge on any atom is -0.480 e. The summed E-state index contributed by atoms with van der Waals surface area (Å²) in [6, 6.07) is 16.4. The van der Waals surface area contributed by atoms with Crippen LogP contribution in [0.25, 0.3) is 22.0 Å². The molecule has 2 heterocycles. The van der Waals surface area contributed by atoms with E-state index in [1.54, 1.807) is 7.11 Å². The quantitative estimate of drug-likeness (QED) is 0.230. The van der Waals surface area contributed by atoms with Gasteiger partial charge in [0, 0.05) is 28.1 Å². The fourth-order valence-corrected chi connectivity index (χ4v) is 5.54. The summed E-state index contributed by atoms with van der Waals surface area (Å²) in [7, 11) is 1.64. The molecule has 8 heteroatoms. The van der Waals surface area contributed by atoms with E-state index in [4.69, 9.17) is 21.3 Å². The lowest BCUT2D eigenvalue weighted by molar-refractivity contribution is 0.400. The van der Waals surface area contributed by atoms with E-state index in [1.807, 2.05) is 42.6 Å². The second-order valence-corrected chi connectivity index (χ2v) is 10.2. The number of rotatable bonds is 8. The van der Waals surface area contributed by atoms with Crippen molar-refractivity contribution in [2.24, 2.45) is 0 Å². The summed E-state index contributed by atoms with van der Waals surface area (Å²) in [4.78, 5) is 15.2. The molecule has 5 rings (SSSR count). The van der Waals surface area contributed by atoms with Crippen LogP contribution in [0, 0.1) is 0 Å². The first-order valence-corrected chi connectivity index (χ1v) is 13.6. The average molecular weight is 520 g/mol. The summed E-state index contributed by atoms with van der Waals surface area (Å²) < 4.78 is 8.94. The summed E-state index contributed by atoms with van der Waals surface area (Å²) in [5, 5.41) is 5.26. The van der Waals surface area contributed by atoms with Crippen LogP contribution in [-0.2, 0) is 6.42 Å². The van der Waals surface area contributed by atoms with Crippen molar-refractivity contribution in [3.8, 4) is 17.0 Å². The molecule has 2 aromatic heterocycles. The zero-order valence-electron chi connectivity index (χ0n) is 20.6. The van der Waals surface area contributed by atoms with Crippen LogP contribution in [0.5, 0.6) is 5.88 Å². The number of halogens is 1. The van der Waals surface area contributed by atoms with E-state index in [9.17, 15) is 0 Å². The Morgan fingerprint density at radius 3 is 2.67 bits per heavy atom. The predicted molar refractivity (Wildman–Crippen MR) is 150 cm³/mol. The van der Waals surface area contributed by atoms with Gasteiger partial charge in [-0.2, -0.15) is 4.98 Å². The average Bonchev–Trinajstić information content (AvgIpc) is 2.92. The summed E-state index contributed by atoms with van der Waals surface area (Å²) in [5.41, 5.74) is 4.13. The van der Waals surface area contributed by atoms with Crippen molar-refractivity contribution in [2.75, 3.05) is 17.1 Å². The highest BCUT2D eigenvalue weighted by atomic mass is 35.5. The Morgan fingerprint density at radius 2 is 1.89 bits per heavy atom. The molecule has 0 spiro atoms. The second kappa shape index (κ2) is 11.4. The monoisotopic (exact) mass is 519 g/mol. The van der Waals surface area contributed by atoms with Crippen molar-refractivity contribution in [1.82, 2.24) is 15.0 Å². The molecular formula is C28H30ClN5OS. The lowest BCUT2D eigenvalue weighted by Gasteiger charge is -2.22. The van der Waals surface area contributed by atoms with Gasteiger partial charge >= 0.3 is 0 Å². The molecule has 1 aliphatic carbocycles. The highest BCUT2D eigenvalue weighted by Crippen LogP contribution is 2.35. The van der Waals surface area contributed by atoms with Crippen molar-refractivity contribution in [1.29, 1.82) is 0 Å². The number of benzene rings is 2. The third-order valence-corrected chi connectivity index (χ3v) is 7.88. The first-order chi connectivity index (χ1) is 17.6. The molecule has 2 N–H and O–H groups in total. The van der Waals surface area contributed by atoms with Crippen LogP contribution >= 0.6 is 23.5 Å². The standard InChI is InChI=1S/C28H30ClN5OS/c1-3-18-15-19(16-20-17-30-28(33-26(18)20)31-21-9-5-4-6-10-21)22-13-14-25(32-27(22)35-2)34-36-24-12-8-7-11-23(24)29/h7-8,11-17,21H,3-6,9-10H2,1-2H3,(H,32,34)(H,30,31,33). The molecule has 36 heavy (non-hydrogen) atoms. The lowest BCUT2D eigenvalue weighted by atomic mass is 9.96. The predicted octanol–water partition coefficient (Wildman–Crippen LogP) is 7.78. The number of ether oxygens (including phenoxy) is 1. The molecule has 4 aromatic rings. The summed E-state index contributed by atoms with van der Waals surface area (Å²) in [6.45, 7) is 2.16. The number of hydrogen-bond acceptors (Lipinski definition) is 7. The van der Waals surface area contributed by atoms with Gasteiger partial charge in [-0.05, 0) is 78.7 Å². The van der Waals surface area contributed by atoms with E-state index < -0.39 is 0 Å². The van der Waals surface area contributed by atoms with Crippen LogP contribution < -0.4 is 14.8 Å². The van der Waals surface area contributed by atoms with Gasteiger partial charge in [-0.15, -0.1) is 0 Å². The van der Waals surface area contributed by atoms with Crippen molar-refractivity contribution < 1.29 is 4.74 Å². The molecule has 0 radical (unpaired) electrons. The van der Waals surface area contributed by atoms with Crippen LogP contribution in [-0.4, -0.2) is 28.1 Å². The number of anilines is 2. The van der Waals surface area contributed by atoms with Gasteiger partial charge in [0.15, 0.2) is 0 Å². The van der Waals surface area contributed by atoms with Crippen molar-refractivity contribution in [3.63, 3.8) is 0 Å². The SMILES string of the molecule is CCc1cc(-c2ccc(NSc3ccccc3Cl)nc2OC)cc2cnc(NC3CCCCC3)nc12. The Bertz CT molecular complexity index is 1360. The smallest absolute Gasteiger partial charge is 0.223 e. The first-order valence-electron chi connectivity index (χ1n) is 12.4. The van der Waals surface area contributed by atoms with Crippen LogP contribution in [0.1, 0.15) is 44.6 Å². The zero-order chi connectivity index (χ0) is 24.9. The Hall–Kier alpha value is -3.03. The van der Waals surface area contributed by atoms with Gasteiger partial charge in [0.25, 0.3) is 0 Å². The second-order valence-electron chi connectivity index (χ2n) is 8.99. The largest absolute Gasteiger partial charge is 0.480 e. The maximum atomic E-state index is 6.27. The highest BCUT2D eigenvalue weighted by molar-refractivity contribution is 8.00. The number of aryl methyl sites for hydroxylation is 1. The molecule has 0 bridgehead atoms. The van der Waals surface area contributed by atoms with Crippen LogP contribution in [0.2, 0.25) is 5.02 Å². The van der Waals surface area contributed by atoms with Gasteiger partial charge in [0.2, 0.25) is 11.8 Å². The molecule has 0 atom stereocenters. The van der Waals surface area contributed by atoms with Crippen LogP contribution in [0.3, 0.4) is 0 Å². The van der Waals surface area contributed by atoms with Gasteiger partial charge in [0.1, 0.15) is 5.82 Å². The summed E-state index contributed by atoms with van der Waals surface area (Å²) >= 11 is 7.69. The van der Waals surface area contributed by atoms with E-state index in [-0.39, 0.29) is 0 Å². The molecule has 2 aromatic carbocycles. The van der Waals surface area contributed by atoms with E-state index in [0.29, 0.717) is 22.8 Å². The number of nitrogens with one attached hydrogen (secondary N) is 2. The third kappa shape index (κ3) is 5.52. The Morgan fingerprint density at radius 1 is 1.06 bits per heavy atom. The first kappa shape index (κ1) is 24.7. The number of fused-ring (bicyclic) bond motifs is 1. The molecule has 0 saturated heterocycles. The Labute approximate surface area is 221 Å². The maximum absolute atomic E-state index is 6.27. The zero-order valence-corrected chi connectivity index (χ0v) is 22.1. The molecule has 1 aliphatic rings. The van der Waals surface area contributed by atoms with Crippen molar-refractivity contribution in [2.45, 2.75) is 56.4 Å². The normalized spacial score (nSPS) is 14.1. The Balaban J connectivity index is 1.41. The van der Waals surface area contributed by atoms with E-state index in [1.165, 1.54) is 49.6 Å². The fraction of sp³-hybridized carbons (Fsp3) is 0.321. The minimum atomic E-state index is 0.471. The number of pyridine rings is 1. The van der Waals surface area contributed by atoms with Crippen molar-refractivity contribution in [3.05, 3.63) is 65.3 Å². The van der Waals surface area contributed by atoms with E-state index in [0.717, 1.165) is 39.3 Å². The van der Waals surface area contributed by atoms with Gasteiger partial charge in [-0.3, -0.25) is 0 Å². The molecule has 1 fully saturated rings. The maximum Gasteiger partial charge on any atom is 0.223 e.